The summed E-state index contributed by atoms with van der Waals surface area (Å²) in [6.45, 7) is 2.56. The summed E-state index contributed by atoms with van der Waals surface area (Å²) in [6, 6.07) is 10.6. The highest BCUT2D eigenvalue weighted by Gasteiger charge is 2.10. The van der Waals surface area contributed by atoms with Crippen LogP contribution >= 0.6 is 15.9 Å². The SMILES string of the molecule is Cc1ccccc1C(=O)NCCNC(=O)c1ccc(Br)o1. The van der Waals surface area contributed by atoms with Crippen molar-refractivity contribution in [3.63, 3.8) is 0 Å². The summed E-state index contributed by atoms with van der Waals surface area (Å²) in [4.78, 5) is 23.6. The van der Waals surface area contributed by atoms with Gasteiger partial charge in [-0.15, -0.1) is 0 Å². The summed E-state index contributed by atoms with van der Waals surface area (Å²) < 4.78 is 5.63. The zero-order valence-corrected chi connectivity index (χ0v) is 13.1. The number of hydrogen-bond acceptors (Lipinski definition) is 3. The molecule has 0 bridgehead atoms. The molecular formula is C15H15BrN2O3. The van der Waals surface area contributed by atoms with Crippen molar-refractivity contribution in [2.45, 2.75) is 6.92 Å². The molecule has 6 heteroatoms. The van der Waals surface area contributed by atoms with E-state index in [1.165, 1.54) is 0 Å². The maximum Gasteiger partial charge on any atom is 0.287 e. The van der Waals surface area contributed by atoms with Crippen molar-refractivity contribution in [1.29, 1.82) is 0 Å². The Morgan fingerprint density at radius 2 is 1.71 bits per heavy atom. The second kappa shape index (κ2) is 7.08. The predicted octanol–water partition coefficient (Wildman–Crippen LogP) is 2.51. The first kappa shape index (κ1) is 15.3. The van der Waals surface area contributed by atoms with Crippen molar-refractivity contribution in [3.8, 4) is 0 Å². The van der Waals surface area contributed by atoms with E-state index in [4.69, 9.17) is 4.42 Å². The Balaban J connectivity index is 1.76. The van der Waals surface area contributed by atoms with E-state index in [1.54, 1.807) is 18.2 Å². The molecule has 0 aliphatic rings. The summed E-state index contributed by atoms with van der Waals surface area (Å²) in [5.41, 5.74) is 1.55. The fraction of sp³-hybridized carbons (Fsp3) is 0.200. The molecule has 110 valence electrons. The van der Waals surface area contributed by atoms with Crippen molar-refractivity contribution in [1.82, 2.24) is 10.6 Å². The first-order valence-corrected chi connectivity index (χ1v) is 7.24. The van der Waals surface area contributed by atoms with E-state index in [0.29, 0.717) is 23.3 Å². The van der Waals surface area contributed by atoms with Crippen molar-refractivity contribution in [2.24, 2.45) is 0 Å². The molecule has 0 atom stereocenters. The van der Waals surface area contributed by atoms with E-state index in [1.807, 2.05) is 25.1 Å². The van der Waals surface area contributed by atoms with Crippen molar-refractivity contribution in [3.05, 3.63) is 58.0 Å². The fourth-order valence-electron chi connectivity index (χ4n) is 1.80. The number of benzene rings is 1. The molecule has 1 aromatic heterocycles. The standard InChI is InChI=1S/C15H15BrN2O3/c1-10-4-2-3-5-11(10)14(19)17-8-9-18-15(20)12-6-7-13(16)21-12/h2-7H,8-9H2,1H3,(H,17,19)(H,18,20). The van der Waals surface area contributed by atoms with Gasteiger partial charge in [0.05, 0.1) is 0 Å². The third-order valence-electron chi connectivity index (χ3n) is 2.88. The number of halogens is 1. The van der Waals surface area contributed by atoms with Crippen LogP contribution in [0.15, 0.2) is 45.5 Å². The predicted molar refractivity (Wildman–Crippen MR) is 82.3 cm³/mol. The lowest BCUT2D eigenvalue weighted by molar-refractivity contribution is 0.0909. The van der Waals surface area contributed by atoms with Crippen LogP contribution < -0.4 is 10.6 Å². The number of furan rings is 1. The second-order valence-electron chi connectivity index (χ2n) is 4.43. The quantitative estimate of drug-likeness (QED) is 0.814. The number of carbonyl (C=O) groups excluding carboxylic acids is 2. The molecule has 2 aromatic rings. The minimum Gasteiger partial charge on any atom is -0.444 e. The summed E-state index contributed by atoms with van der Waals surface area (Å²) in [5, 5.41) is 5.42. The van der Waals surface area contributed by atoms with Gasteiger partial charge in [-0.2, -0.15) is 0 Å². The van der Waals surface area contributed by atoms with Crippen molar-refractivity contribution >= 4 is 27.7 Å². The third-order valence-corrected chi connectivity index (χ3v) is 3.31. The van der Waals surface area contributed by atoms with Crippen LogP contribution in [0.25, 0.3) is 0 Å². The van der Waals surface area contributed by atoms with Gasteiger partial charge in [0.25, 0.3) is 11.8 Å². The summed E-state index contributed by atoms with van der Waals surface area (Å²) in [7, 11) is 0. The van der Waals surface area contributed by atoms with Gasteiger partial charge in [-0.25, -0.2) is 0 Å². The molecule has 2 N–H and O–H groups in total. The van der Waals surface area contributed by atoms with Gasteiger partial charge in [0, 0.05) is 18.7 Å². The highest BCUT2D eigenvalue weighted by molar-refractivity contribution is 9.10. The average Bonchev–Trinajstić information content (AvgIpc) is 2.90. The zero-order chi connectivity index (χ0) is 15.2. The molecule has 5 nitrogen and oxygen atoms in total. The van der Waals surface area contributed by atoms with E-state index >= 15 is 0 Å². The van der Waals surface area contributed by atoms with Gasteiger partial charge in [-0.3, -0.25) is 9.59 Å². The summed E-state index contributed by atoms with van der Waals surface area (Å²) in [6.07, 6.45) is 0. The van der Waals surface area contributed by atoms with Gasteiger partial charge in [0.1, 0.15) is 0 Å². The molecule has 0 aliphatic carbocycles. The molecular weight excluding hydrogens is 336 g/mol. The van der Waals surface area contributed by atoms with E-state index in [2.05, 4.69) is 26.6 Å². The van der Waals surface area contributed by atoms with Crippen LogP contribution in [0.5, 0.6) is 0 Å². The molecule has 0 unspecified atom stereocenters. The minimum atomic E-state index is -0.314. The molecule has 1 heterocycles. The van der Waals surface area contributed by atoms with Crippen molar-refractivity contribution in [2.75, 3.05) is 13.1 Å². The van der Waals surface area contributed by atoms with Crippen LogP contribution in [0.3, 0.4) is 0 Å². The molecule has 2 rings (SSSR count). The summed E-state index contributed by atoms with van der Waals surface area (Å²) in [5.74, 6) is -0.235. The molecule has 0 saturated carbocycles. The molecule has 0 radical (unpaired) electrons. The number of rotatable bonds is 5. The number of amides is 2. The molecule has 2 amide bonds. The maximum atomic E-state index is 11.9. The molecule has 0 saturated heterocycles. The molecule has 21 heavy (non-hydrogen) atoms. The second-order valence-corrected chi connectivity index (χ2v) is 5.21. The van der Waals surface area contributed by atoms with Gasteiger partial charge < -0.3 is 15.1 Å². The number of hydrogen-bond donors (Lipinski definition) is 2. The third kappa shape index (κ3) is 4.19. The van der Waals surface area contributed by atoms with E-state index in [9.17, 15) is 9.59 Å². The highest BCUT2D eigenvalue weighted by atomic mass is 79.9. The zero-order valence-electron chi connectivity index (χ0n) is 11.5. The lowest BCUT2D eigenvalue weighted by Crippen LogP contribution is -2.34. The first-order chi connectivity index (χ1) is 10.1. The molecule has 0 fully saturated rings. The first-order valence-electron chi connectivity index (χ1n) is 6.45. The van der Waals surface area contributed by atoms with Crippen LogP contribution in [0.2, 0.25) is 0 Å². The summed E-state index contributed by atoms with van der Waals surface area (Å²) >= 11 is 3.13. The van der Waals surface area contributed by atoms with Crippen LogP contribution in [0.4, 0.5) is 0 Å². The Kier molecular flexibility index (Phi) is 5.16. The van der Waals surface area contributed by atoms with E-state index in [0.717, 1.165) is 5.56 Å². The normalized spacial score (nSPS) is 10.2. The Bertz CT molecular complexity index is 652. The van der Waals surface area contributed by atoms with Gasteiger partial charge in [-0.1, -0.05) is 18.2 Å². The van der Waals surface area contributed by atoms with Crippen LogP contribution in [-0.2, 0) is 0 Å². The largest absolute Gasteiger partial charge is 0.444 e. The molecule has 0 spiro atoms. The smallest absolute Gasteiger partial charge is 0.287 e. The topological polar surface area (TPSA) is 71.3 Å². The maximum absolute atomic E-state index is 11.9. The highest BCUT2D eigenvalue weighted by Crippen LogP contribution is 2.13. The van der Waals surface area contributed by atoms with Gasteiger partial charge >= 0.3 is 0 Å². The number of aryl methyl sites for hydroxylation is 1. The van der Waals surface area contributed by atoms with Crippen LogP contribution in [-0.4, -0.2) is 24.9 Å². The lowest BCUT2D eigenvalue weighted by atomic mass is 10.1. The van der Waals surface area contributed by atoms with Crippen molar-refractivity contribution < 1.29 is 14.0 Å². The Labute approximate surface area is 130 Å². The Morgan fingerprint density at radius 1 is 1.05 bits per heavy atom. The monoisotopic (exact) mass is 350 g/mol. The van der Waals surface area contributed by atoms with E-state index < -0.39 is 0 Å². The Morgan fingerprint density at radius 3 is 2.33 bits per heavy atom. The molecule has 1 aromatic carbocycles. The van der Waals surface area contributed by atoms with Crippen LogP contribution in [0.1, 0.15) is 26.5 Å². The number of nitrogens with one attached hydrogen (secondary N) is 2. The number of carbonyl (C=O) groups is 2. The van der Waals surface area contributed by atoms with Gasteiger partial charge in [-0.05, 0) is 46.6 Å². The fourth-order valence-corrected chi connectivity index (χ4v) is 2.10. The minimum absolute atomic E-state index is 0.150. The lowest BCUT2D eigenvalue weighted by Gasteiger charge is -2.08. The molecule has 0 aliphatic heterocycles. The van der Waals surface area contributed by atoms with E-state index in [-0.39, 0.29) is 17.6 Å². The van der Waals surface area contributed by atoms with Gasteiger partial charge in [0.2, 0.25) is 0 Å². The van der Waals surface area contributed by atoms with Crippen LogP contribution in [0, 0.1) is 6.92 Å². The van der Waals surface area contributed by atoms with Gasteiger partial charge in [0.15, 0.2) is 10.4 Å². The Hall–Kier alpha value is -2.08. The average molecular weight is 351 g/mol.